The van der Waals surface area contributed by atoms with Gasteiger partial charge in [-0.2, -0.15) is 0 Å². The monoisotopic (exact) mass is 202 g/mol. The second kappa shape index (κ2) is 4.30. The molecule has 1 aliphatic rings. The maximum atomic E-state index is 5.12. The van der Waals surface area contributed by atoms with E-state index >= 15 is 0 Å². The summed E-state index contributed by atoms with van der Waals surface area (Å²) in [4.78, 5) is 0. The average Bonchev–Trinajstić information content (AvgIpc) is 2.65. The van der Waals surface area contributed by atoms with Crippen molar-refractivity contribution in [1.29, 1.82) is 0 Å². The van der Waals surface area contributed by atoms with Crippen molar-refractivity contribution in [2.75, 3.05) is 20.7 Å². The number of methoxy groups -OCH3 is 1. The standard InChI is InChI=1S/C13H16NO/c1-14-8-7-12(10-14)9-11-3-5-13(15-2)6-4-11/h3-6,9-10H,7-8H2,1-2H3/q+1/b12-9+. The topological polar surface area (TPSA) is 12.2 Å². The number of benzene rings is 1. The van der Waals surface area contributed by atoms with Crippen LogP contribution in [0.2, 0.25) is 0 Å². The third-order valence-electron chi connectivity index (χ3n) is 2.61. The lowest BCUT2D eigenvalue weighted by Gasteiger charge is -1.99. The Morgan fingerprint density at radius 1 is 1.27 bits per heavy atom. The van der Waals surface area contributed by atoms with Gasteiger partial charge in [0, 0.05) is 12.0 Å². The zero-order valence-corrected chi connectivity index (χ0v) is 9.23. The molecule has 0 N–H and O–H groups in total. The van der Waals surface area contributed by atoms with Crippen LogP contribution >= 0.6 is 0 Å². The van der Waals surface area contributed by atoms with Gasteiger partial charge in [-0.1, -0.05) is 12.1 Å². The molecule has 2 rings (SSSR count). The quantitative estimate of drug-likeness (QED) is 0.670. The third kappa shape index (κ3) is 2.46. The first-order chi connectivity index (χ1) is 7.28. The van der Waals surface area contributed by atoms with Crippen molar-refractivity contribution in [2.24, 2.45) is 0 Å². The minimum Gasteiger partial charge on any atom is -0.497 e. The predicted molar refractivity (Wildman–Crippen MR) is 62.7 cm³/mol. The minimum absolute atomic E-state index is 0.907. The third-order valence-corrected chi connectivity index (χ3v) is 2.61. The molecule has 1 heterocycles. The molecule has 15 heavy (non-hydrogen) atoms. The van der Waals surface area contributed by atoms with Crippen molar-refractivity contribution < 1.29 is 9.31 Å². The Balaban J connectivity index is 2.17. The highest BCUT2D eigenvalue weighted by Crippen LogP contribution is 2.15. The Hall–Kier alpha value is -1.57. The van der Waals surface area contributed by atoms with Gasteiger partial charge < -0.3 is 4.74 Å². The van der Waals surface area contributed by atoms with Gasteiger partial charge in [0.2, 0.25) is 0 Å². The van der Waals surface area contributed by atoms with Crippen LogP contribution in [0.5, 0.6) is 5.75 Å². The van der Waals surface area contributed by atoms with Gasteiger partial charge in [-0.3, -0.25) is 0 Å². The fraction of sp³-hybridized carbons (Fsp3) is 0.308. The van der Waals surface area contributed by atoms with E-state index < -0.39 is 0 Å². The molecule has 78 valence electrons. The van der Waals surface area contributed by atoms with Gasteiger partial charge in [-0.15, -0.1) is 0 Å². The second-order valence-corrected chi connectivity index (χ2v) is 3.85. The molecule has 0 saturated heterocycles. The average molecular weight is 202 g/mol. The normalized spacial score (nSPS) is 18.0. The van der Waals surface area contributed by atoms with Crippen LogP contribution in [0.1, 0.15) is 12.0 Å². The van der Waals surface area contributed by atoms with E-state index in [1.807, 2.05) is 12.1 Å². The molecule has 0 amide bonds. The number of ether oxygens (including phenoxy) is 1. The highest BCUT2D eigenvalue weighted by molar-refractivity contribution is 5.83. The van der Waals surface area contributed by atoms with E-state index in [-0.39, 0.29) is 0 Å². The summed E-state index contributed by atoms with van der Waals surface area (Å²) in [5.74, 6) is 0.907. The first kappa shape index (κ1) is 9.97. The van der Waals surface area contributed by atoms with E-state index in [2.05, 4.69) is 36.0 Å². The smallest absolute Gasteiger partial charge is 0.166 e. The van der Waals surface area contributed by atoms with E-state index in [9.17, 15) is 0 Å². The summed E-state index contributed by atoms with van der Waals surface area (Å²) < 4.78 is 7.34. The number of rotatable bonds is 2. The Kier molecular flexibility index (Phi) is 2.86. The Bertz CT molecular complexity index is 401. The molecule has 0 atom stereocenters. The summed E-state index contributed by atoms with van der Waals surface area (Å²) in [5.41, 5.74) is 2.63. The summed E-state index contributed by atoms with van der Waals surface area (Å²) in [7, 11) is 3.79. The van der Waals surface area contributed by atoms with Gasteiger partial charge in [-0.05, 0) is 23.8 Å². The highest BCUT2D eigenvalue weighted by Gasteiger charge is 2.10. The number of hydrogen-bond donors (Lipinski definition) is 0. The SMILES string of the molecule is COc1ccc(/C=C2/C=[N+](C)CC2)cc1. The van der Waals surface area contributed by atoms with Crippen LogP contribution in [0.3, 0.4) is 0 Å². The van der Waals surface area contributed by atoms with Crippen LogP contribution < -0.4 is 4.74 Å². The molecule has 0 fully saturated rings. The van der Waals surface area contributed by atoms with E-state index in [1.165, 1.54) is 11.1 Å². The van der Waals surface area contributed by atoms with Crippen LogP contribution in [-0.4, -0.2) is 31.5 Å². The molecule has 1 aromatic carbocycles. The van der Waals surface area contributed by atoms with Crippen LogP contribution in [0.15, 0.2) is 29.8 Å². The Morgan fingerprint density at radius 2 is 2.00 bits per heavy atom. The summed E-state index contributed by atoms with van der Waals surface area (Å²) in [5, 5.41) is 0. The zero-order chi connectivity index (χ0) is 10.7. The summed E-state index contributed by atoms with van der Waals surface area (Å²) >= 11 is 0. The molecule has 0 bridgehead atoms. The van der Waals surface area contributed by atoms with Gasteiger partial charge in [0.15, 0.2) is 6.21 Å². The van der Waals surface area contributed by atoms with E-state index in [1.54, 1.807) is 7.11 Å². The number of nitrogens with zero attached hydrogens (tertiary/aromatic N) is 1. The number of hydrogen-bond acceptors (Lipinski definition) is 1. The summed E-state index contributed by atoms with van der Waals surface area (Å²) in [6.07, 6.45) is 5.57. The first-order valence-corrected chi connectivity index (χ1v) is 5.17. The zero-order valence-electron chi connectivity index (χ0n) is 9.23. The molecule has 0 aliphatic carbocycles. The minimum atomic E-state index is 0.907. The Labute approximate surface area is 90.5 Å². The lowest BCUT2D eigenvalue weighted by atomic mass is 10.1. The van der Waals surface area contributed by atoms with Crippen molar-refractivity contribution in [2.45, 2.75) is 6.42 Å². The molecule has 2 heteroatoms. The lowest BCUT2D eigenvalue weighted by Crippen LogP contribution is -1.97. The van der Waals surface area contributed by atoms with Gasteiger partial charge in [0.25, 0.3) is 0 Å². The van der Waals surface area contributed by atoms with Crippen LogP contribution in [0.4, 0.5) is 0 Å². The lowest BCUT2D eigenvalue weighted by molar-refractivity contribution is -0.484. The fourth-order valence-electron chi connectivity index (χ4n) is 1.74. The second-order valence-electron chi connectivity index (χ2n) is 3.85. The van der Waals surface area contributed by atoms with Gasteiger partial charge >= 0.3 is 0 Å². The molecule has 0 unspecified atom stereocenters. The largest absolute Gasteiger partial charge is 0.497 e. The van der Waals surface area contributed by atoms with Crippen LogP contribution in [0, 0.1) is 0 Å². The van der Waals surface area contributed by atoms with E-state index in [0.717, 1.165) is 18.7 Å². The summed E-state index contributed by atoms with van der Waals surface area (Å²) in [6.45, 7) is 1.13. The molecule has 1 aromatic rings. The van der Waals surface area contributed by atoms with Gasteiger partial charge in [0.1, 0.15) is 19.3 Å². The van der Waals surface area contributed by atoms with Gasteiger partial charge in [0.05, 0.1) is 7.11 Å². The molecular formula is C13H16NO+. The molecule has 0 spiro atoms. The molecule has 0 aromatic heterocycles. The first-order valence-electron chi connectivity index (χ1n) is 5.17. The van der Waals surface area contributed by atoms with Crippen LogP contribution in [0.25, 0.3) is 6.08 Å². The predicted octanol–water partition coefficient (Wildman–Crippen LogP) is 2.20. The molecule has 1 aliphatic heterocycles. The molecule has 0 saturated carbocycles. The van der Waals surface area contributed by atoms with Crippen molar-refractivity contribution in [3.8, 4) is 5.75 Å². The molecule has 2 nitrogen and oxygen atoms in total. The Morgan fingerprint density at radius 3 is 2.53 bits per heavy atom. The molecular weight excluding hydrogens is 186 g/mol. The van der Waals surface area contributed by atoms with Crippen molar-refractivity contribution in [1.82, 2.24) is 0 Å². The maximum absolute atomic E-state index is 5.12. The summed E-state index contributed by atoms with van der Waals surface area (Å²) in [6, 6.07) is 8.14. The van der Waals surface area contributed by atoms with Crippen molar-refractivity contribution in [3.05, 3.63) is 35.4 Å². The van der Waals surface area contributed by atoms with Crippen LogP contribution in [-0.2, 0) is 0 Å². The fourth-order valence-corrected chi connectivity index (χ4v) is 1.74. The maximum Gasteiger partial charge on any atom is 0.166 e. The van der Waals surface area contributed by atoms with Crippen molar-refractivity contribution >= 4 is 12.3 Å². The van der Waals surface area contributed by atoms with E-state index in [4.69, 9.17) is 4.74 Å². The van der Waals surface area contributed by atoms with E-state index in [0.29, 0.717) is 0 Å². The van der Waals surface area contributed by atoms with Gasteiger partial charge in [-0.25, -0.2) is 4.58 Å². The highest BCUT2D eigenvalue weighted by atomic mass is 16.5. The van der Waals surface area contributed by atoms with Crippen molar-refractivity contribution in [3.63, 3.8) is 0 Å². The molecule has 0 radical (unpaired) electrons.